The molecule has 32 valence electrons. The van der Waals surface area contributed by atoms with Crippen molar-refractivity contribution in [1.29, 1.82) is 0 Å². The van der Waals surface area contributed by atoms with Crippen molar-refractivity contribution in [3.8, 4) is 0 Å². The summed E-state index contributed by atoms with van der Waals surface area (Å²) in [6, 6.07) is 0. The second-order valence-electron chi connectivity index (χ2n) is 0. The first-order valence-corrected chi connectivity index (χ1v) is 4.18. The Bertz CT molecular complexity index is 8.00. The Morgan fingerprint density at radius 3 is 1.25 bits per heavy atom. The maximum atomic E-state index is 2.43. The first kappa shape index (κ1) is 16.5. The van der Waals surface area contributed by atoms with Gasteiger partial charge in [0, 0.05) is 33.3 Å². The summed E-state index contributed by atoms with van der Waals surface area (Å²) in [6.07, 6.45) is 0. The quantitative estimate of drug-likeness (QED) is 0.427. The fourth-order valence-electron chi connectivity index (χ4n) is 0. The molecule has 0 nitrogen and oxygen atoms in total. The third kappa shape index (κ3) is 8.92. The van der Waals surface area contributed by atoms with Gasteiger partial charge in [-0.2, -0.15) is 0 Å². The van der Waals surface area contributed by atoms with Gasteiger partial charge in [-0.05, 0) is 0 Å². The summed E-state index contributed by atoms with van der Waals surface area (Å²) in [5, 5.41) is 0. The van der Waals surface area contributed by atoms with Crippen LogP contribution in [0.4, 0.5) is 0 Å². The molecule has 0 aliphatic carbocycles. The van der Waals surface area contributed by atoms with E-state index in [1.807, 2.05) is 19.3 Å². The van der Waals surface area contributed by atoms with Gasteiger partial charge in [0.25, 0.3) is 0 Å². The third-order valence-corrected chi connectivity index (χ3v) is 0. The van der Waals surface area contributed by atoms with Crippen molar-refractivity contribution in [1.82, 2.24) is 0 Å². The van der Waals surface area contributed by atoms with Crippen LogP contribution in [0.2, 0.25) is 0 Å². The van der Waals surface area contributed by atoms with Gasteiger partial charge in [-0.3, -0.25) is 0 Å². The molecule has 0 spiro atoms. The molecule has 0 saturated heterocycles. The third-order valence-electron chi connectivity index (χ3n) is 0. The average molecular weight is 247 g/mol. The molecular weight excluding hydrogens is 245 g/mol. The zero-order chi connectivity index (χ0) is 2.00. The van der Waals surface area contributed by atoms with Crippen molar-refractivity contribution < 1.29 is 52.6 Å². The number of hydrogen-bond donors (Lipinski definition) is 0. The molecule has 0 aromatic heterocycles. The van der Waals surface area contributed by atoms with E-state index < -0.39 is 0 Å². The minimum atomic E-state index is 0. The SMILES string of the molecule is [Co].[Ni].[PH2][Mo]. The number of rotatable bonds is 0. The molecule has 0 heterocycles. The molecular formula is H2CoMoNiP. The van der Waals surface area contributed by atoms with E-state index in [0.29, 0.717) is 0 Å². The van der Waals surface area contributed by atoms with Crippen molar-refractivity contribution in [2.75, 3.05) is 0 Å². The molecule has 0 aliphatic heterocycles. The van der Waals surface area contributed by atoms with Crippen LogP contribution in [-0.4, -0.2) is 0 Å². The molecule has 0 aliphatic rings. The molecule has 4 heavy (non-hydrogen) atoms. The molecule has 0 aromatic carbocycles. The molecule has 0 N–H and O–H groups in total. The second-order valence-corrected chi connectivity index (χ2v) is 0. The van der Waals surface area contributed by atoms with E-state index in [0.717, 1.165) is 0 Å². The van der Waals surface area contributed by atoms with E-state index in [-0.39, 0.29) is 33.3 Å². The Hall–Kier alpha value is 2.12. The van der Waals surface area contributed by atoms with Gasteiger partial charge in [0.05, 0.1) is 0 Å². The Kier molecular flexibility index (Phi) is 79.7. The van der Waals surface area contributed by atoms with Crippen LogP contribution in [0.1, 0.15) is 0 Å². The Labute approximate surface area is 59.5 Å². The molecule has 0 fully saturated rings. The Morgan fingerprint density at radius 2 is 1.25 bits per heavy atom. The van der Waals surface area contributed by atoms with Gasteiger partial charge in [0.1, 0.15) is 0 Å². The fourth-order valence-corrected chi connectivity index (χ4v) is 0. The van der Waals surface area contributed by atoms with E-state index in [4.69, 9.17) is 0 Å². The normalized spacial score (nSPS) is 1.25. The van der Waals surface area contributed by atoms with E-state index in [1.54, 1.807) is 0 Å². The standard InChI is InChI=1S/Co.Mo.Ni.H2P/h;;;1H2/q;+1;;-1. The summed E-state index contributed by atoms with van der Waals surface area (Å²) in [7, 11) is 2.43. The average Bonchev–Trinajstić information content (AvgIpc) is 1.00. The van der Waals surface area contributed by atoms with Gasteiger partial charge in [-0.25, -0.2) is 0 Å². The van der Waals surface area contributed by atoms with Crippen LogP contribution in [0.3, 0.4) is 0 Å². The van der Waals surface area contributed by atoms with Crippen molar-refractivity contribution in [3.05, 3.63) is 0 Å². The van der Waals surface area contributed by atoms with Crippen LogP contribution in [0.15, 0.2) is 0 Å². The molecule has 0 amide bonds. The monoisotopic (exact) mass is 248 g/mol. The van der Waals surface area contributed by atoms with Crippen molar-refractivity contribution in [3.63, 3.8) is 0 Å². The van der Waals surface area contributed by atoms with Gasteiger partial charge in [-0.1, -0.05) is 0 Å². The van der Waals surface area contributed by atoms with Crippen LogP contribution >= 0.6 is 7.33 Å². The summed E-state index contributed by atoms with van der Waals surface area (Å²) in [5.41, 5.74) is 0. The minimum absolute atomic E-state index is 0. The first-order valence-electron chi connectivity index (χ1n) is 0.236. The van der Waals surface area contributed by atoms with Crippen LogP contribution in [0, 0.1) is 0 Å². The van der Waals surface area contributed by atoms with Gasteiger partial charge in [0.2, 0.25) is 0 Å². The number of hydrogen-bond acceptors (Lipinski definition) is 0. The molecule has 1 atom stereocenters. The second kappa shape index (κ2) is 19.3. The summed E-state index contributed by atoms with van der Waals surface area (Å²) in [4.78, 5) is 0. The zero-order valence-electron chi connectivity index (χ0n) is 1.64. The molecule has 0 saturated carbocycles. The van der Waals surface area contributed by atoms with Crippen molar-refractivity contribution in [2.24, 2.45) is 0 Å². The Balaban J connectivity index is -0.00000000500. The van der Waals surface area contributed by atoms with Crippen molar-refractivity contribution in [2.45, 2.75) is 0 Å². The first-order chi connectivity index (χ1) is 1.00. The van der Waals surface area contributed by atoms with Crippen LogP contribution in [0.5, 0.6) is 0 Å². The van der Waals surface area contributed by atoms with Gasteiger partial charge in [-0.15, -0.1) is 0 Å². The maximum absolute atomic E-state index is 2.43. The molecule has 4 heteroatoms. The van der Waals surface area contributed by atoms with E-state index in [2.05, 4.69) is 7.33 Å². The molecule has 1 unspecified atom stereocenters. The summed E-state index contributed by atoms with van der Waals surface area (Å²) in [6.45, 7) is 0. The van der Waals surface area contributed by atoms with E-state index in [9.17, 15) is 0 Å². The predicted molar refractivity (Wildman–Crippen MR) is 9.71 cm³/mol. The van der Waals surface area contributed by atoms with Crippen LogP contribution < -0.4 is 0 Å². The van der Waals surface area contributed by atoms with Crippen LogP contribution in [-0.2, 0) is 52.6 Å². The summed E-state index contributed by atoms with van der Waals surface area (Å²) in [5.74, 6) is 0. The topological polar surface area (TPSA) is 0 Å². The van der Waals surface area contributed by atoms with E-state index >= 15 is 0 Å². The molecule has 0 aromatic rings. The van der Waals surface area contributed by atoms with Crippen molar-refractivity contribution >= 4 is 7.33 Å². The van der Waals surface area contributed by atoms with E-state index in [1.165, 1.54) is 0 Å². The van der Waals surface area contributed by atoms with Gasteiger partial charge in [0.15, 0.2) is 0 Å². The van der Waals surface area contributed by atoms with Crippen LogP contribution in [0.25, 0.3) is 0 Å². The molecule has 1 radical (unpaired) electrons. The summed E-state index contributed by atoms with van der Waals surface area (Å²) >= 11 is 1.87. The molecule has 0 bridgehead atoms. The summed E-state index contributed by atoms with van der Waals surface area (Å²) < 4.78 is 0. The van der Waals surface area contributed by atoms with Gasteiger partial charge >= 0.3 is 26.6 Å². The van der Waals surface area contributed by atoms with Gasteiger partial charge < -0.3 is 0 Å². The predicted octanol–water partition coefficient (Wildman–Crippen LogP) is 0.318. The fraction of sp³-hybridized carbons (Fsp3) is 0. The molecule has 0 rings (SSSR count). The zero-order valence-corrected chi connectivity index (χ0v) is 6.83. The Morgan fingerprint density at radius 1 is 1.25 bits per heavy atom.